The zero-order valence-corrected chi connectivity index (χ0v) is 15.4. The van der Waals surface area contributed by atoms with E-state index in [0.717, 1.165) is 12.0 Å². The van der Waals surface area contributed by atoms with E-state index in [1.165, 1.54) is 0 Å². The third-order valence-electron chi connectivity index (χ3n) is 3.58. The van der Waals surface area contributed by atoms with Gasteiger partial charge in [0.1, 0.15) is 5.75 Å². The largest absolute Gasteiger partial charge is 0.484 e. The number of carbonyl (C=O) groups is 3. The Balaban J connectivity index is 1.77. The van der Waals surface area contributed by atoms with Crippen LogP contribution in [0.3, 0.4) is 0 Å². The first kappa shape index (κ1) is 20.0. The second-order valence-electron chi connectivity index (χ2n) is 5.98. The predicted molar refractivity (Wildman–Crippen MR) is 102 cm³/mol. The standard InChI is InChI=1S/C20H23N3O4/c1-3-5-18(24)21-16-10-8-15(9-11-16)20(26)23-22-19(25)13-27-17-7-4-6-14(2)12-17/h4,6-12H,3,5,13H2,1-2H3,(H,21,24)(H,22,25)(H,23,26). The van der Waals surface area contributed by atoms with Gasteiger partial charge in [0, 0.05) is 17.7 Å². The van der Waals surface area contributed by atoms with Gasteiger partial charge in [0.25, 0.3) is 11.8 Å². The Kier molecular flexibility index (Phi) is 7.37. The van der Waals surface area contributed by atoms with Gasteiger partial charge in [0.15, 0.2) is 6.61 Å². The third-order valence-corrected chi connectivity index (χ3v) is 3.58. The molecule has 7 heteroatoms. The van der Waals surface area contributed by atoms with Gasteiger partial charge >= 0.3 is 0 Å². The van der Waals surface area contributed by atoms with E-state index in [4.69, 9.17) is 4.74 Å². The first-order valence-electron chi connectivity index (χ1n) is 8.66. The van der Waals surface area contributed by atoms with Gasteiger partial charge < -0.3 is 10.1 Å². The van der Waals surface area contributed by atoms with Crippen molar-refractivity contribution in [2.75, 3.05) is 11.9 Å². The number of amides is 3. The lowest BCUT2D eigenvalue weighted by Crippen LogP contribution is -2.43. The smallest absolute Gasteiger partial charge is 0.276 e. The number of aryl methyl sites for hydroxylation is 1. The predicted octanol–water partition coefficient (Wildman–Crippen LogP) is 2.57. The van der Waals surface area contributed by atoms with Gasteiger partial charge in [-0.1, -0.05) is 19.1 Å². The molecule has 0 radical (unpaired) electrons. The van der Waals surface area contributed by atoms with Crippen LogP contribution in [-0.4, -0.2) is 24.3 Å². The summed E-state index contributed by atoms with van der Waals surface area (Å²) in [6, 6.07) is 13.7. The Labute approximate surface area is 158 Å². The molecule has 2 rings (SSSR count). The molecule has 7 nitrogen and oxygen atoms in total. The van der Waals surface area contributed by atoms with Crippen LogP contribution >= 0.6 is 0 Å². The average Bonchev–Trinajstić information content (AvgIpc) is 2.65. The van der Waals surface area contributed by atoms with E-state index in [0.29, 0.717) is 23.4 Å². The molecule has 142 valence electrons. The number of carbonyl (C=O) groups excluding carboxylic acids is 3. The molecular formula is C20H23N3O4. The summed E-state index contributed by atoms with van der Waals surface area (Å²) in [7, 11) is 0. The fraction of sp³-hybridized carbons (Fsp3) is 0.250. The van der Waals surface area contributed by atoms with Crippen molar-refractivity contribution in [3.63, 3.8) is 0 Å². The molecule has 2 aromatic carbocycles. The lowest BCUT2D eigenvalue weighted by Gasteiger charge is -2.10. The molecule has 0 aliphatic rings. The summed E-state index contributed by atoms with van der Waals surface area (Å²) in [4.78, 5) is 35.4. The van der Waals surface area contributed by atoms with Crippen molar-refractivity contribution in [3.8, 4) is 5.75 Å². The maximum absolute atomic E-state index is 12.1. The Morgan fingerprint density at radius 3 is 2.37 bits per heavy atom. The summed E-state index contributed by atoms with van der Waals surface area (Å²) in [6.07, 6.45) is 1.21. The van der Waals surface area contributed by atoms with Crippen LogP contribution in [0, 0.1) is 6.92 Å². The summed E-state index contributed by atoms with van der Waals surface area (Å²) in [5, 5.41) is 2.74. The van der Waals surface area contributed by atoms with E-state index in [1.807, 2.05) is 32.0 Å². The maximum Gasteiger partial charge on any atom is 0.276 e. The molecule has 0 aromatic heterocycles. The zero-order valence-electron chi connectivity index (χ0n) is 15.4. The molecule has 27 heavy (non-hydrogen) atoms. The first-order chi connectivity index (χ1) is 13.0. The van der Waals surface area contributed by atoms with E-state index < -0.39 is 11.8 Å². The summed E-state index contributed by atoms with van der Waals surface area (Å²) in [5.74, 6) is -0.439. The minimum atomic E-state index is -0.478. The molecule has 0 spiro atoms. The molecule has 3 N–H and O–H groups in total. The molecule has 0 saturated carbocycles. The van der Waals surface area contributed by atoms with Crippen LogP contribution < -0.4 is 20.9 Å². The second-order valence-corrected chi connectivity index (χ2v) is 5.98. The van der Waals surface area contributed by atoms with Gasteiger partial charge in [0.2, 0.25) is 5.91 Å². The number of nitrogens with one attached hydrogen (secondary N) is 3. The van der Waals surface area contributed by atoms with Crippen molar-refractivity contribution in [2.24, 2.45) is 0 Å². The Bertz CT molecular complexity index is 803. The van der Waals surface area contributed by atoms with Crippen molar-refractivity contribution < 1.29 is 19.1 Å². The zero-order chi connectivity index (χ0) is 19.6. The molecule has 0 aliphatic carbocycles. The van der Waals surface area contributed by atoms with Crippen molar-refractivity contribution in [1.82, 2.24) is 10.9 Å². The van der Waals surface area contributed by atoms with E-state index in [-0.39, 0.29) is 12.5 Å². The molecule has 0 unspecified atom stereocenters. The monoisotopic (exact) mass is 369 g/mol. The molecule has 2 aromatic rings. The Morgan fingerprint density at radius 1 is 0.963 bits per heavy atom. The van der Waals surface area contributed by atoms with E-state index in [2.05, 4.69) is 16.2 Å². The van der Waals surface area contributed by atoms with E-state index >= 15 is 0 Å². The van der Waals surface area contributed by atoms with Gasteiger partial charge in [-0.25, -0.2) is 0 Å². The number of ether oxygens (including phenoxy) is 1. The highest BCUT2D eigenvalue weighted by molar-refractivity contribution is 5.96. The quantitative estimate of drug-likeness (QED) is 0.654. The van der Waals surface area contributed by atoms with Crippen LogP contribution in [0.25, 0.3) is 0 Å². The number of hydrazine groups is 1. The summed E-state index contributed by atoms with van der Waals surface area (Å²) >= 11 is 0. The highest BCUT2D eigenvalue weighted by Gasteiger charge is 2.09. The van der Waals surface area contributed by atoms with Crippen LogP contribution in [0.1, 0.15) is 35.7 Å². The van der Waals surface area contributed by atoms with Crippen LogP contribution in [0.15, 0.2) is 48.5 Å². The highest BCUT2D eigenvalue weighted by Crippen LogP contribution is 2.12. The minimum absolute atomic E-state index is 0.0735. The molecule has 3 amide bonds. The number of hydrogen-bond donors (Lipinski definition) is 3. The summed E-state index contributed by atoms with van der Waals surface area (Å²) < 4.78 is 5.36. The van der Waals surface area contributed by atoms with Gasteiger partial charge in [0.05, 0.1) is 0 Å². The minimum Gasteiger partial charge on any atom is -0.484 e. The van der Waals surface area contributed by atoms with Gasteiger partial charge in [-0.2, -0.15) is 0 Å². The second kappa shape index (κ2) is 9.96. The van der Waals surface area contributed by atoms with Crippen molar-refractivity contribution in [1.29, 1.82) is 0 Å². The molecule has 0 aliphatic heterocycles. The number of benzene rings is 2. The SMILES string of the molecule is CCCC(=O)Nc1ccc(C(=O)NNC(=O)COc2cccc(C)c2)cc1. The topological polar surface area (TPSA) is 96.5 Å². The lowest BCUT2D eigenvalue weighted by molar-refractivity contribution is -0.123. The van der Waals surface area contributed by atoms with Crippen LogP contribution in [0.5, 0.6) is 5.75 Å². The number of rotatable bonds is 7. The van der Waals surface area contributed by atoms with Crippen LogP contribution in [0.2, 0.25) is 0 Å². The fourth-order valence-corrected chi connectivity index (χ4v) is 2.24. The van der Waals surface area contributed by atoms with Crippen LogP contribution in [-0.2, 0) is 9.59 Å². The van der Waals surface area contributed by atoms with Gasteiger partial charge in [-0.05, 0) is 55.3 Å². The van der Waals surface area contributed by atoms with Crippen molar-refractivity contribution >= 4 is 23.4 Å². The third kappa shape index (κ3) is 6.81. The lowest BCUT2D eigenvalue weighted by atomic mass is 10.2. The molecule has 0 fully saturated rings. The molecule has 0 saturated heterocycles. The fourth-order valence-electron chi connectivity index (χ4n) is 2.24. The Morgan fingerprint density at radius 2 is 1.70 bits per heavy atom. The first-order valence-corrected chi connectivity index (χ1v) is 8.66. The van der Waals surface area contributed by atoms with Crippen molar-refractivity contribution in [2.45, 2.75) is 26.7 Å². The Hall–Kier alpha value is -3.35. The van der Waals surface area contributed by atoms with Crippen molar-refractivity contribution in [3.05, 3.63) is 59.7 Å². The van der Waals surface area contributed by atoms with Gasteiger partial charge in [-0.15, -0.1) is 0 Å². The van der Waals surface area contributed by atoms with E-state index in [1.54, 1.807) is 30.3 Å². The highest BCUT2D eigenvalue weighted by atomic mass is 16.5. The molecular weight excluding hydrogens is 346 g/mol. The summed E-state index contributed by atoms with van der Waals surface area (Å²) in [6.45, 7) is 3.63. The number of anilines is 1. The molecule has 0 heterocycles. The van der Waals surface area contributed by atoms with Crippen LogP contribution in [0.4, 0.5) is 5.69 Å². The molecule has 0 atom stereocenters. The maximum atomic E-state index is 12.1. The normalized spacial score (nSPS) is 10.0. The molecule has 0 bridgehead atoms. The van der Waals surface area contributed by atoms with E-state index in [9.17, 15) is 14.4 Å². The average molecular weight is 369 g/mol. The number of hydrogen-bond acceptors (Lipinski definition) is 4. The summed E-state index contributed by atoms with van der Waals surface area (Å²) in [5.41, 5.74) is 6.60. The van der Waals surface area contributed by atoms with Gasteiger partial charge in [-0.3, -0.25) is 25.2 Å².